The van der Waals surface area contributed by atoms with Crippen LogP contribution in [0, 0.1) is 0 Å². The van der Waals surface area contributed by atoms with Gasteiger partial charge in [0.25, 0.3) is 9.70 Å². The highest BCUT2D eigenvalue weighted by molar-refractivity contribution is 7.92. The second-order valence-corrected chi connectivity index (χ2v) is 13.9. The van der Waals surface area contributed by atoms with Crippen molar-refractivity contribution in [1.82, 2.24) is 10.0 Å². The number of carbonyl (C=O) groups is 1. The second kappa shape index (κ2) is 9.11. The first-order chi connectivity index (χ1) is 13.9. The zero-order valence-electron chi connectivity index (χ0n) is 16.0. The summed E-state index contributed by atoms with van der Waals surface area (Å²) in [7, 11) is -7.59. The molecular weight excluding hydrogens is 495 g/mol. The third-order valence-corrected chi connectivity index (χ3v) is 9.25. The summed E-state index contributed by atoms with van der Waals surface area (Å²) >= 11 is 16.6. The van der Waals surface area contributed by atoms with Crippen LogP contribution >= 0.6 is 34.8 Å². The van der Waals surface area contributed by atoms with Crippen LogP contribution in [0.3, 0.4) is 0 Å². The lowest BCUT2D eigenvalue weighted by Gasteiger charge is -2.23. The van der Waals surface area contributed by atoms with Crippen molar-refractivity contribution in [1.29, 1.82) is 0 Å². The van der Waals surface area contributed by atoms with Gasteiger partial charge in [-0.15, -0.1) is 0 Å². The number of sulfonamides is 1. The Morgan fingerprint density at radius 2 is 1.53 bits per heavy atom. The topological polar surface area (TPSA) is 109 Å². The summed E-state index contributed by atoms with van der Waals surface area (Å²) in [5.41, 5.74) is 1.10. The molecule has 0 spiro atoms. The van der Waals surface area contributed by atoms with E-state index < -0.39 is 53.1 Å². The van der Waals surface area contributed by atoms with Gasteiger partial charge in [0.1, 0.15) is 0 Å². The fourth-order valence-electron chi connectivity index (χ4n) is 3.98. The largest absolute Gasteiger partial charge is 0.347 e. The van der Waals surface area contributed by atoms with Crippen LogP contribution in [0.5, 0.6) is 0 Å². The second-order valence-electron chi connectivity index (χ2n) is 7.79. The molecule has 0 radical (unpaired) electrons. The Kier molecular flexibility index (Phi) is 7.31. The van der Waals surface area contributed by atoms with Gasteiger partial charge in [0.15, 0.2) is 9.84 Å². The molecule has 1 amide bonds. The summed E-state index contributed by atoms with van der Waals surface area (Å²) in [6.07, 6.45) is 5.75. The molecule has 2 fully saturated rings. The SMILES string of the molecule is O=C(N[C@@H]1CS(=O)(=O)C[C@@H]1NS(=O)(=O)c1ccc(C2CCCCC2)cc1)C(Cl)(Cl)Cl. The molecule has 0 bridgehead atoms. The molecule has 168 valence electrons. The first-order valence-electron chi connectivity index (χ1n) is 9.58. The van der Waals surface area contributed by atoms with E-state index >= 15 is 0 Å². The molecule has 0 unspecified atom stereocenters. The van der Waals surface area contributed by atoms with Crippen molar-refractivity contribution < 1.29 is 21.6 Å². The molecule has 2 atom stereocenters. The van der Waals surface area contributed by atoms with Crippen LogP contribution in [0.4, 0.5) is 0 Å². The number of sulfone groups is 1. The zero-order chi connectivity index (χ0) is 22.2. The Morgan fingerprint density at radius 1 is 0.967 bits per heavy atom. The summed E-state index contributed by atoms with van der Waals surface area (Å²) in [6, 6.07) is 4.52. The smallest absolute Gasteiger partial charge is 0.272 e. The van der Waals surface area contributed by atoms with Crippen LogP contribution in [0.15, 0.2) is 29.2 Å². The number of carbonyl (C=O) groups excluding carboxylic acids is 1. The summed E-state index contributed by atoms with van der Waals surface area (Å²) in [5.74, 6) is -1.50. The highest BCUT2D eigenvalue weighted by Gasteiger charge is 2.43. The number of halogens is 3. The van der Waals surface area contributed by atoms with E-state index in [1.807, 2.05) is 0 Å². The van der Waals surface area contributed by atoms with Crippen molar-refractivity contribution in [3.8, 4) is 0 Å². The van der Waals surface area contributed by atoms with E-state index in [9.17, 15) is 21.6 Å². The van der Waals surface area contributed by atoms with Crippen molar-refractivity contribution in [2.45, 2.75) is 58.8 Å². The van der Waals surface area contributed by atoms with Crippen LogP contribution in [-0.4, -0.2) is 50.1 Å². The Balaban J connectivity index is 1.74. The number of nitrogens with one attached hydrogen (secondary N) is 2. The highest BCUT2D eigenvalue weighted by atomic mass is 35.6. The Hall–Kier alpha value is -0.580. The Labute approximate surface area is 191 Å². The van der Waals surface area contributed by atoms with Crippen LogP contribution in [0.2, 0.25) is 0 Å². The number of hydrogen-bond donors (Lipinski definition) is 2. The maximum absolute atomic E-state index is 12.8. The van der Waals surface area contributed by atoms with Gasteiger partial charge in [0, 0.05) is 0 Å². The maximum atomic E-state index is 12.8. The molecule has 1 saturated heterocycles. The summed E-state index contributed by atoms with van der Waals surface area (Å²) in [4.78, 5) is 11.9. The van der Waals surface area contributed by atoms with Gasteiger partial charge in [-0.1, -0.05) is 66.2 Å². The number of hydrogen-bond acceptors (Lipinski definition) is 5. The lowest BCUT2D eigenvalue weighted by molar-refractivity contribution is -0.120. The third kappa shape index (κ3) is 6.01. The molecule has 1 saturated carbocycles. The lowest BCUT2D eigenvalue weighted by Crippen LogP contribution is -2.53. The van der Waals surface area contributed by atoms with E-state index in [0.29, 0.717) is 5.92 Å². The van der Waals surface area contributed by atoms with Crippen molar-refractivity contribution in [3.05, 3.63) is 29.8 Å². The van der Waals surface area contributed by atoms with Gasteiger partial charge >= 0.3 is 0 Å². The Morgan fingerprint density at radius 3 is 2.10 bits per heavy atom. The normalized spacial score (nSPS) is 25.2. The van der Waals surface area contributed by atoms with Crippen molar-refractivity contribution in [2.24, 2.45) is 0 Å². The van der Waals surface area contributed by atoms with E-state index in [0.717, 1.165) is 18.4 Å². The number of amides is 1. The van der Waals surface area contributed by atoms with Crippen LogP contribution in [0.25, 0.3) is 0 Å². The zero-order valence-corrected chi connectivity index (χ0v) is 19.9. The van der Waals surface area contributed by atoms with Gasteiger partial charge < -0.3 is 5.32 Å². The summed E-state index contributed by atoms with van der Waals surface area (Å²) in [6.45, 7) is 0. The highest BCUT2D eigenvalue weighted by Crippen LogP contribution is 2.33. The number of rotatable bonds is 5. The van der Waals surface area contributed by atoms with Gasteiger partial charge in [-0.05, 0) is 36.5 Å². The Bertz CT molecular complexity index is 986. The summed E-state index contributed by atoms with van der Waals surface area (Å²) < 4.78 is 49.8. The van der Waals surface area contributed by atoms with E-state index in [1.54, 1.807) is 12.1 Å². The number of alkyl halides is 3. The maximum Gasteiger partial charge on any atom is 0.272 e. The van der Waals surface area contributed by atoms with Gasteiger partial charge in [-0.3, -0.25) is 4.79 Å². The molecule has 2 N–H and O–H groups in total. The minimum atomic E-state index is -4.01. The first kappa shape index (κ1) is 24.1. The fraction of sp³-hybridized carbons (Fsp3) is 0.611. The fourth-order valence-corrected chi connectivity index (χ4v) is 7.39. The predicted octanol–water partition coefficient (Wildman–Crippen LogP) is 2.66. The molecule has 1 aliphatic heterocycles. The van der Waals surface area contributed by atoms with E-state index in [2.05, 4.69) is 10.0 Å². The van der Waals surface area contributed by atoms with Crippen LogP contribution < -0.4 is 10.0 Å². The van der Waals surface area contributed by atoms with Gasteiger partial charge in [-0.25, -0.2) is 21.6 Å². The van der Waals surface area contributed by atoms with E-state index in [1.165, 1.54) is 31.4 Å². The molecule has 7 nitrogen and oxygen atoms in total. The molecule has 0 aromatic heterocycles. The van der Waals surface area contributed by atoms with E-state index in [4.69, 9.17) is 34.8 Å². The van der Waals surface area contributed by atoms with E-state index in [-0.39, 0.29) is 4.90 Å². The molecule has 1 aliphatic carbocycles. The molecule has 1 aromatic carbocycles. The molecule has 2 aliphatic rings. The van der Waals surface area contributed by atoms with Crippen LogP contribution in [0.1, 0.15) is 43.6 Å². The molecule has 3 rings (SSSR count). The molecular formula is C18H23Cl3N2O5S2. The molecule has 1 heterocycles. The minimum absolute atomic E-state index is 0.0258. The molecule has 30 heavy (non-hydrogen) atoms. The van der Waals surface area contributed by atoms with Crippen molar-refractivity contribution in [3.63, 3.8) is 0 Å². The number of benzene rings is 1. The summed E-state index contributed by atoms with van der Waals surface area (Å²) in [5, 5.41) is 2.31. The van der Waals surface area contributed by atoms with Gasteiger partial charge in [0.05, 0.1) is 28.5 Å². The standard InChI is InChI=1S/C18H23Cl3N2O5S2/c19-18(20,21)17(24)22-15-10-29(25,26)11-16(15)23-30(27,28)14-8-6-13(7-9-14)12-4-2-1-3-5-12/h6-9,12,15-16,23H,1-5,10-11H2,(H,22,24)/t15-,16+/m1/s1. The van der Waals surface area contributed by atoms with Crippen LogP contribution in [-0.2, 0) is 24.7 Å². The monoisotopic (exact) mass is 516 g/mol. The quantitative estimate of drug-likeness (QED) is 0.584. The molecule has 1 aromatic rings. The van der Waals surface area contributed by atoms with Gasteiger partial charge in [0.2, 0.25) is 10.0 Å². The lowest BCUT2D eigenvalue weighted by atomic mass is 9.84. The first-order valence-corrected chi connectivity index (χ1v) is 14.0. The van der Waals surface area contributed by atoms with Crippen molar-refractivity contribution in [2.75, 3.05) is 11.5 Å². The average Bonchev–Trinajstić information content (AvgIpc) is 2.94. The third-order valence-electron chi connectivity index (χ3n) is 5.50. The minimum Gasteiger partial charge on any atom is -0.347 e. The predicted molar refractivity (Wildman–Crippen MR) is 117 cm³/mol. The molecule has 12 heteroatoms. The average molecular weight is 518 g/mol. The van der Waals surface area contributed by atoms with Crippen molar-refractivity contribution >= 4 is 60.6 Å². The van der Waals surface area contributed by atoms with Gasteiger partial charge in [-0.2, -0.15) is 0 Å².